The molecule has 7 nitrogen and oxygen atoms in total. The summed E-state index contributed by atoms with van der Waals surface area (Å²) in [6.45, 7) is 1.04. The zero-order valence-electron chi connectivity index (χ0n) is 9.10. The zero-order valence-corrected chi connectivity index (χ0v) is 9.10. The van der Waals surface area contributed by atoms with Crippen molar-refractivity contribution in [2.24, 2.45) is 7.05 Å². The average Bonchev–Trinajstić information content (AvgIpc) is 2.65. The van der Waals surface area contributed by atoms with Gasteiger partial charge in [0.25, 0.3) is 0 Å². The van der Waals surface area contributed by atoms with Crippen molar-refractivity contribution in [3.8, 4) is 6.07 Å². The Hall–Kier alpha value is -1.94. The molecule has 0 fully saturated rings. The van der Waals surface area contributed by atoms with E-state index in [9.17, 15) is 4.79 Å². The second kappa shape index (κ2) is 6.53. The number of nitriles is 1. The van der Waals surface area contributed by atoms with E-state index in [1.807, 2.05) is 6.07 Å². The fourth-order valence-corrected chi connectivity index (χ4v) is 1.07. The number of hydrogen-bond acceptors (Lipinski definition) is 5. The van der Waals surface area contributed by atoms with Crippen molar-refractivity contribution in [2.45, 2.75) is 13.0 Å². The first-order valence-electron chi connectivity index (χ1n) is 4.91. The van der Waals surface area contributed by atoms with Crippen LogP contribution in [0.4, 0.5) is 0 Å². The lowest BCUT2D eigenvalue weighted by molar-refractivity contribution is -0.120. The van der Waals surface area contributed by atoms with Crippen LogP contribution in [-0.4, -0.2) is 33.8 Å². The van der Waals surface area contributed by atoms with Gasteiger partial charge in [-0.3, -0.25) is 9.48 Å². The van der Waals surface area contributed by atoms with E-state index in [0.717, 1.165) is 0 Å². The molecule has 2 N–H and O–H groups in total. The smallest absolute Gasteiger partial charge is 0.234 e. The molecule has 1 aromatic rings. The van der Waals surface area contributed by atoms with E-state index in [-0.39, 0.29) is 12.5 Å². The SMILES string of the molecule is Cn1cnc(CNCC(=O)NCCC#N)n1. The number of rotatable bonds is 6. The summed E-state index contributed by atoms with van der Waals surface area (Å²) in [6, 6.07) is 1.95. The Balaban J connectivity index is 2.11. The predicted octanol–water partition coefficient (Wildman–Crippen LogP) is -1.07. The molecule has 0 aliphatic rings. The molecule has 0 aliphatic carbocycles. The van der Waals surface area contributed by atoms with Gasteiger partial charge in [0.1, 0.15) is 6.33 Å². The Morgan fingerprint density at radius 3 is 3.12 bits per heavy atom. The maximum Gasteiger partial charge on any atom is 0.234 e. The first-order valence-corrected chi connectivity index (χ1v) is 4.91. The summed E-state index contributed by atoms with van der Waals surface area (Å²) in [5, 5.41) is 17.8. The van der Waals surface area contributed by atoms with Crippen molar-refractivity contribution in [3.05, 3.63) is 12.2 Å². The molecule has 0 radical (unpaired) electrons. The quantitative estimate of drug-likeness (QED) is 0.598. The van der Waals surface area contributed by atoms with Crippen LogP contribution in [-0.2, 0) is 18.4 Å². The summed E-state index contributed by atoms with van der Waals surface area (Å²) in [6.07, 6.45) is 1.93. The monoisotopic (exact) mass is 222 g/mol. The molecular formula is C9H14N6O. The minimum atomic E-state index is -0.133. The molecule has 86 valence electrons. The van der Waals surface area contributed by atoms with Gasteiger partial charge in [0.2, 0.25) is 5.91 Å². The molecule has 0 aromatic carbocycles. The van der Waals surface area contributed by atoms with Crippen LogP contribution in [0.5, 0.6) is 0 Å². The molecule has 0 saturated heterocycles. The first kappa shape index (κ1) is 12.1. The third-order valence-corrected chi connectivity index (χ3v) is 1.77. The number of amides is 1. The van der Waals surface area contributed by atoms with E-state index in [0.29, 0.717) is 25.3 Å². The van der Waals surface area contributed by atoms with Gasteiger partial charge < -0.3 is 10.6 Å². The molecule has 0 saturated carbocycles. The van der Waals surface area contributed by atoms with Crippen molar-refractivity contribution in [2.75, 3.05) is 13.1 Å². The largest absolute Gasteiger partial charge is 0.354 e. The molecule has 0 aliphatic heterocycles. The predicted molar refractivity (Wildman–Crippen MR) is 55.9 cm³/mol. The Morgan fingerprint density at radius 2 is 2.50 bits per heavy atom. The van der Waals surface area contributed by atoms with Crippen LogP contribution in [0, 0.1) is 11.3 Å². The molecule has 1 heterocycles. The van der Waals surface area contributed by atoms with Crippen LogP contribution >= 0.6 is 0 Å². The van der Waals surface area contributed by atoms with Gasteiger partial charge in [0, 0.05) is 13.6 Å². The van der Waals surface area contributed by atoms with Crippen LogP contribution in [0.25, 0.3) is 0 Å². The van der Waals surface area contributed by atoms with E-state index in [1.54, 1.807) is 18.1 Å². The Kier molecular flexibility index (Phi) is 4.95. The van der Waals surface area contributed by atoms with Crippen molar-refractivity contribution in [3.63, 3.8) is 0 Å². The van der Waals surface area contributed by atoms with E-state index in [4.69, 9.17) is 5.26 Å². The average molecular weight is 222 g/mol. The van der Waals surface area contributed by atoms with Crippen molar-refractivity contribution >= 4 is 5.91 Å². The van der Waals surface area contributed by atoms with Crippen LogP contribution in [0.3, 0.4) is 0 Å². The highest BCUT2D eigenvalue weighted by Gasteiger charge is 2.01. The molecular weight excluding hydrogens is 208 g/mol. The Labute approximate surface area is 93.5 Å². The lowest BCUT2D eigenvalue weighted by Gasteiger charge is -2.02. The van der Waals surface area contributed by atoms with E-state index >= 15 is 0 Å². The second-order valence-corrected chi connectivity index (χ2v) is 3.20. The van der Waals surface area contributed by atoms with Gasteiger partial charge in [-0.05, 0) is 0 Å². The van der Waals surface area contributed by atoms with Crippen LogP contribution < -0.4 is 10.6 Å². The standard InChI is InChI=1S/C9H14N6O/c1-15-7-13-8(14-15)5-11-6-9(16)12-4-2-3-10/h7,11H,2,4-6H2,1H3,(H,12,16). The van der Waals surface area contributed by atoms with Crippen molar-refractivity contribution in [1.82, 2.24) is 25.4 Å². The normalized spacial score (nSPS) is 9.75. The molecule has 1 rings (SSSR count). The third-order valence-electron chi connectivity index (χ3n) is 1.77. The van der Waals surface area contributed by atoms with E-state index in [1.165, 1.54) is 0 Å². The number of carbonyl (C=O) groups is 1. The van der Waals surface area contributed by atoms with Crippen LogP contribution in [0.15, 0.2) is 6.33 Å². The van der Waals surface area contributed by atoms with Gasteiger partial charge in [-0.1, -0.05) is 0 Å². The Morgan fingerprint density at radius 1 is 1.69 bits per heavy atom. The van der Waals surface area contributed by atoms with Gasteiger partial charge >= 0.3 is 0 Å². The van der Waals surface area contributed by atoms with Gasteiger partial charge in [-0.25, -0.2) is 4.98 Å². The molecule has 0 atom stereocenters. The van der Waals surface area contributed by atoms with E-state index in [2.05, 4.69) is 20.7 Å². The summed E-state index contributed by atoms with van der Waals surface area (Å²) in [7, 11) is 1.78. The maximum atomic E-state index is 11.2. The van der Waals surface area contributed by atoms with Gasteiger partial charge in [-0.15, -0.1) is 0 Å². The second-order valence-electron chi connectivity index (χ2n) is 3.20. The molecule has 0 bridgehead atoms. The third kappa shape index (κ3) is 4.52. The highest BCUT2D eigenvalue weighted by Crippen LogP contribution is 1.85. The van der Waals surface area contributed by atoms with Gasteiger partial charge in [0.15, 0.2) is 5.82 Å². The fraction of sp³-hybridized carbons (Fsp3) is 0.556. The summed E-state index contributed by atoms with van der Waals surface area (Å²) < 4.78 is 1.60. The van der Waals surface area contributed by atoms with Crippen molar-refractivity contribution in [1.29, 1.82) is 5.26 Å². The van der Waals surface area contributed by atoms with E-state index < -0.39 is 0 Å². The topological polar surface area (TPSA) is 95.6 Å². The van der Waals surface area contributed by atoms with Crippen LogP contribution in [0.1, 0.15) is 12.2 Å². The maximum absolute atomic E-state index is 11.2. The number of nitrogens with one attached hydrogen (secondary N) is 2. The number of aryl methyl sites for hydroxylation is 1. The number of aromatic nitrogens is 3. The zero-order chi connectivity index (χ0) is 11.8. The molecule has 16 heavy (non-hydrogen) atoms. The number of hydrogen-bond donors (Lipinski definition) is 2. The van der Waals surface area contributed by atoms with Gasteiger partial charge in [0.05, 0.1) is 25.6 Å². The minimum absolute atomic E-state index is 0.133. The first-order chi connectivity index (χ1) is 7.72. The summed E-state index contributed by atoms with van der Waals surface area (Å²) in [5.74, 6) is 0.513. The van der Waals surface area contributed by atoms with Gasteiger partial charge in [-0.2, -0.15) is 10.4 Å². The van der Waals surface area contributed by atoms with Crippen LogP contribution in [0.2, 0.25) is 0 Å². The lowest BCUT2D eigenvalue weighted by Crippen LogP contribution is -2.34. The molecule has 1 amide bonds. The fourth-order valence-electron chi connectivity index (χ4n) is 1.07. The summed E-state index contributed by atoms with van der Waals surface area (Å²) in [4.78, 5) is 15.2. The molecule has 0 spiro atoms. The highest BCUT2D eigenvalue weighted by molar-refractivity contribution is 5.77. The summed E-state index contributed by atoms with van der Waals surface area (Å²) >= 11 is 0. The lowest BCUT2D eigenvalue weighted by atomic mass is 10.4. The minimum Gasteiger partial charge on any atom is -0.354 e. The van der Waals surface area contributed by atoms with Crippen molar-refractivity contribution < 1.29 is 4.79 Å². The number of nitrogens with zero attached hydrogens (tertiary/aromatic N) is 4. The molecule has 0 unspecified atom stereocenters. The summed E-state index contributed by atoms with van der Waals surface area (Å²) in [5.41, 5.74) is 0. The highest BCUT2D eigenvalue weighted by atomic mass is 16.1. The molecule has 7 heteroatoms. The Bertz CT molecular complexity index is 380. The number of carbonyl (C=O) groups excluding carboxylic acids is 1. The molecule has 1 aromatic heterocycles.